The summed E-state index contributed by atoms with van der Waals surface area (Å²) in [4.78, 5) is 15.1. The molecule has 116 valence electrons. The van der Waals surface area contributed by atoms with Gasteiger partial charge in [-0.2, -0.15) is 0 Å². The molecule has 1 aromatic heterocycles. The lowest BCUT2D eigenvalue weighted by Crippen LogP contribution is -2.08. The van der Waals surface area contributed by atoms with Gasteiger partial charge in [0.05, 0.1) is 10.4 Å². The quantitative estimate of drug-likeness (QED) is 0.378. The summed E-state index contributed by atoms with van der Waals surface area (Å²) in [7, 11) is 0. The van der Waals surface area contributed by atoms with Crippen LogP contribution in [0, 0.1) is 13.7 Å². The zero-order valence-corrected chi connectivity index (χ0v) is 14.4. The number of hydrogen-bond donors (Lipinski definition) is 1. The molecular formula is C17H14IN3O2. The number of fused-ring (bicyclic) bond motifs is 1. The number of benzene rings is 2. The first-order valence-electron chi connectivity index (χ1n) is 7.15. The molecule has 0 aliphatic heterocycles. The van der Waals surface area contributed by atoms with E-state index in [1.807, 2.05) is 48.5 Å². The van der Waals surface area contributed by atoms with Crippen molar-refractivity contribution in [3.8, 4) is 0 Å². The number of rotatable bonds is 5. The first-order valence-corrected chi connectivity index (χ1v) is 8.23. The van der Waals surface area contributed by atoms with Crippen LogP contribution in [0.25, 0.3) is 10.9 Å². The Morgan fingerprint density at radius 2 is 1.96 bits per heavy atom. The van der Waals surface area contributed by atoms with Crippen molar-refractivity contribution in [2.24, 2.45) is 0 Å². The minimum absolute atomic E-state index is 0.00700. The number of nitrogens with one attached hydrogen (secondary N) is 1. The molecule has 0 atom stereocenters. The van der Waals surface area contributed by atoms with Crippen LogP contribution < -0.4 is 5.32 Å². The van der Waals surface area contributed by atoms with Crippen molar-refractivity contribution in [1.82, 2.24) is 4.98 Å². The van der Waals surface area contributed by atoms with E-state index in [9.17, 15) is 10.1 Å². The van der Waals surface area contributed by atoms with Gasteiger partial charge in [-0.3, -0.25) is 10.1 Å². The van der Waals surface area contributed by atoms with Crippen LogP contribution in [0.2, 0.25) is 0 Å². The molecule has 0 aliphatic carbocycles. The Labute approximate surface area is 147 Å². The normalized spacial score (nSPS) is 10.7. The molecule has 1 heterocycles. The minimum atomic E-state index is -0.392. The van der Waals surface area contributed by atoms with Crippen molar-refractivity contribution in [2.75, 3.05) is 11.9 Å². The maximum absolute atomic E-state index is 11.3. The largest absolute Gasteiger partial charge is 0.379 e. The fraction of sp³-hybridized carbons (Fsp3) is 0.118. The molecule has 3 rings (SSSR count). The number of nitrogens with zero attached hydrogens (tertiary/aromatic N) is 2. The van der Waals surface area contributed by atoms with Gasteiger partial charge in [-0.1, -0.05) is 30.3 Å². The second-order valence-electron chi connectivity index (χ2n) is 5.10. The molecule has 1 N–H and O–H groups in total. The van der Waals surface area contributed by atoms with Crippen LogP contribution in [-0.2, 0) is 6.42 Å². The molecule has 5 nitrogen and oxygen atoms in total. The Kier molecular flexibility index (Phi) is 4.71. The van der Waals surface area contributed by atoms with E-state index in [0.29, 0.717) is 12.2 Å². The van der Waals surface area contributed by atoms with Crippen LogP contribution in [0.4, 0.5) is 11.4 Å². The van der Waals surface area contributed by atoms with E-state index in [1.54, 1.807) is 0 Å². The highest BCUT2D eigenvalue weighted by molar-refractivity contribution is 14.1. The maximum atomic E-state index is 11.3. The Morgan fingerprint density at radius 3 is 2.70 bits per heavy atom. The van der Waals surface area contributed by atoms with Crippen molar-refractivity contribution >= 4 is 44.9 Å². The number of pyridine rings is 1. The van der Waals surface area contributed by atoms with Gasteiger partial charge in [0.2, 0.25) is 0 Å². The highest BCUT2D eigenvalue weighted by Crippen LogP contribution is 2.32. The Bertz CT molecular complexity index is 853. The molecule has 0 fully saturated rings. The fourth-order valence-electron chi connectivity index (χ4n) is 2.46. The lowest BCUT2D eigenvalue weighted by atomic mass is 10.1. The molecular weight excluding hydrogens is 405 g/mol. The molecule has 23 heavy (non-hydrogen) atoms. The minimum Gasteiger partial charge on any atom is -0.379 e. The average Bonchev–Trinajstić information content (AvgIpc) is 2.55. The summed E-state index contributed by atoms with van der Waals surface area (Å²) in [5.41, 5.74) is 2.48. The molecule has 0 spiro atoms. The van der Waals surface area contributed by atoms with E-state index in [0.717, 1.165) is 20.9 Å². The highest BCUT2D eigenvalue weighted by Gasteiger charge is 2.17. The summed E-state index contributed by atoms with van der Waals surface area (Å²) in [6, 6.07) is 15.8. The fourth-order valence-corrected chi connectivity index (χ4v) is 2.95. The third-order valence-corrected chi connectivity index (χ3v) is 4.24. The van der Waals surface area contributed by atoms with Gasteiger partial charge in [-0.25, -0.2) is 4.98 Å². The van der Waals surface area contributed by atoms with Crippen LogP contribution in [0.3, 0.4) is 0 Å². The van der Waals surface area contributed by atoms with Gasteiger partial charge in [0.15, 0.2) is 0 Å². The molecule has 0 bridgehead atoms. The second-order valence-corrected chi connectivity index (χ2v) is 6.35. The summed E-state index contributed by atoms with van der Waals surface area (Å²) in [5, 5.41) is 15.3. The molecule has 0 amide bonds. The molecule has 0 radical (unpaired) electrons. The zero-order valence-electron chi connectivity index (χ0n) is 12.2. The van der Waals surface area contributed by atoms with Gasteiger partial charge >= 0.3 is 5.69 Å². The van der Waals surface area contributed by atoms with Crippen LogP contribution in [-0.4, -0.2) is 16.5 Å². The molecule has 0 aliphatic rings. The highest BCUT2D eigenvalue weighted by atomic mass is 127. The number of hydrogen-bond acceptors (Lipinski definition) is 4. The maximum Gasteiger partial charge on any atom is 0.311 e. The summed E-state index contributed by atoms with van der Waals surface area (Å²) in [6.07, 6.45) is 2.12. The van der Waals surface area contributed by atoms with Crippen LogP contribution in [0.5, 0.6) is 0 Å². The molecule has 6 heteroatoms. The lowest BCUT2D eigenvalue weighted by molar-refractivity contribution is -0.384. The molecule has 0 saturated carbocycles. The van der Waals surface area contributed by atoms with Gasteiger partial charge in [0, 0.05) is 15.5 Å². The zero-order chi connectivity index (χ0) is 16.2. The summed E-state index contributed by atoms with van der Waals surface area (Å²) in [5.74, 6) is 0. The SMILES string of the molecule is O=[N+]([O-])c1cnc2ccc(I)cc2c1NCCc1ccccc1. The van der Waals surface area contributed by atoms with E-state index < -0.39 is 4.92 Å². The first kappa shape index (κ1) is 15.7. The van der Waals surface area contributed by atoms with Crippen LogP contribution in [0.15, 0.2) is 54.7 Å². The van der Waals surface area contributed by atoms with Crippen molar-refractivity contribution in [3.05, 3.63) is 74.0 Å². The topological polar surface area (TPSA) is 68.1 Å². The van der Waals surface area contributed by atoms with E-state index >= 15 is 0 Å². The average molecular weight is 419 g/mol. The number of halogens is 1. The lowest BCUT2D eigenvalue weighted by Gasteiger charge is -2.10. The summed E-state index contributed by atoms with van der Waals surface area (Å²) < 4.78 is 1.02. The van der Waals surface area contributed by atoms with E-state index in [1.165, 1.54) is 11.8 Å². The van der Waals surface area contributed by atoms with Gasteiger partial charge in [0.25, 0.3) is 0 Å². The first-order chi connectivity index (χ1) is 11.1. The second kappa shape index (κ2) is 6.91. The Morgan fingerprint density at radius 1 is 1.17 bits per heavy atom. The van der Waals surface area contributed by atoms with Crippen LogP contribution in [0.1, 0.15) is 5.56 Å². The van der Waals surface area contributed by atoms with Crippen molar-refractivity contribution in [3.63, 3.8) is 0 Å². The molecule has 2 aromatic carbocycles. The number of nitro groups is 1. The summed E-state index contributed by atoms with van der Waals surface area (Å²) in [6.45, 7) is 0.620. The predicted molar refractivity (Wildman–Crippen MR) is 99.8 cm³/mol. The standard InChI is InChI=1S/C17H14IN3O2/c18-13-6-7-15-14(10-13)17(16(11-20-15)21(22)23)19-9-8-12-4-2-1-3-5-12/h1-7,10-11H,8-9H2,(H,19,20). The van der Waals surface area contributed by atoms with Crippen molar-refractivity contribution in [2.45, 2.75) is 6.42 Å². The third kappa shape index (κ3) is 3.58. The van der Waals surface area contributed by atoms with Crippen molar-refractivity contribution < 1.29 is 4.92 Å². The molecule has 3 aromatic rings. The Hall–Kier alpha value is -2.22. The van der Waals surface area contributed by atoms with Crippen molar-refractivity contribution in [1.29, 1.82) is 0 Å². The van der Waals surface area contributed by atoms with Gasteiger partial charge in [0.1, 0.15) is 11.9 Å². The van der Waals surface area contributed by atoms with Gasteiger partial charge in [-0.05, 0) is 52.8 Å². The third-order valence-electron chi connectivity index (χ3n) is 3.56. The smallest absolute Gasteiger partial charge is 0.311 e. The monoisotopic (exact) mass is 419 g/mol. The van der Waals surface area contributed by atoms with Gasteiger partial charge < -0.3 is 5.32 Å². The van der Waals surface area contributed by atoms with E-state index in [2.05, 4.69) is 32.9 Å². The summed E-state index contributed by atoms with van der Waals surface area (Å²) >= 11 is 2.20. The van der Waals surface area contributed by atoms with E-state index in [-0.39, 0.29) is 5.69 Å². The van der Waals surface area contributed by atoms with Gasteiger partial charge in [-0.15, -0.1) is 0 Å². The number of aromatic nitrogens is 1. The predicted octanol–water partition coefficient (Wildman–Crippen LogP) is 4.40. The molecule has 0 saturated heterocycles. The van der Waals surface area contributed by atoms with Crippen LogP contribution >= 0.6 is 22.6 Å². The number of anilines is 1. The Balaban J connectivity index is 1.92. The van der Waals surface area contributed by atoms with E-state index in [4.69, 9.17) is 0 Å². The molecule has 0 unspecified atom stereocenters.